The van der Waals surface area contributed by atoms with Crippen LogP contribution in [0.5, 0.6) is 0 Å². The van der Waals surface area contributed by atoms with Crippen LogP contribution in [0, 0.1) is 0 Å². The molecule has 1 amide bonds. The molecule has 0 saturated carbocycles. The number of hydrogen-bond acceptors (Lipinski definition) is 3. The summed E-state index contributed by atoms with van der Waals surface area (Å²) in [5.41, 5.74) is 0.432. The van der Waals surface area contributed by atoms with Crippen LogP contribution in [-0.2, 0) is 14.3 Å². The molecule has 0 fully saturated rings. The molecule has 0 aliphatic heterocycles. The Bertz CT molecular complexity index is 422. The van der Waals surface area contributed by atoms with Crippen molar-refractivity contribution < 1.29 is 19.4 Å². The predicted octanol–water partition coefficient (Wildman–Crippen LogP) is 1.40. The third kappa shape index (κ3) is 4.05. The number of carbonyl (C=O) groups excluding carboxylic acids is 1. The maximum absolute atomic E-state index is 11.7. The molecule has 0 bridgehead atoms. The van der Waals surface area contributed by atoms with Gasteiger partial charge in [0.05, 0.1) is 0 Å². The summed E-state index contributed by atoms with van der Waals surface area (Å²) in [6.07, 6.45) is 0. The van der Waals surface area contributed by atoms with Crippen LogP contribution in [0.4, 0.5) is 5.69 Å². The van der Waals surface area contributed by atoms with Gasteiger partial charge in [-0.1, -0.05) is 17.7 Å². The summed E-state index contributed by atoms with van der Waals surface area (Å²) >= 11 is 5.79. The van der Waals surface area contributed by atoms with Crippen molar-refractivity contribution in [3.05, 3.63) is 29.3 Å². The van der Waals surface area contributed by atoms with Gasteiger partial charge < -0.3 is 9.84 Å². The van der Waals surface area contributed by atoms with Crippen LogP contribution in [0.1, 0.15) is 0 Å². The van der Waals surface area contributed by atoms with Crippen LogP contribution < -0.4 is 4.90 Å². The Morgan fingerprint density at radius 1 is 1.47 bits per heavy atom. The predicted molar refractivity (Wildman–Crippen MR) is 63.3 cm³/mol. The van der Waals surface area contributed by atoms with Crippen LogP contribution in [0.25, 0.3) is 0 Å². The van der Waals surface area contributed by atoms with E-state index in [1.54, 1.807) is 18.2 Å². The molecular weight excluding hydrogens is 246 g/mol. The molecule has 5 nitrogen and oxygen atoms in total. The molecule has 6 heteroatoms. The lowest BCUT2D eigenvalue weighted by Gasteiger charge is -2.20. The average molecular weight is 258 g/mol. The number of nitrogens with zero attached hydrogens (tertiary/aromatic N) is 1. The number of carboxylic acid groups (broad SMARTS) is 1. The number of hydrogen-bond donors (Lipinski definition) is 1. The van der Waals surface area contributed by atoms with E-state index in [2.05, 4.69) is 0 Å². The van der Waals surface area contributed by atoms with Gasteiger partial charge in [0.1, 0.15) is 13.2 Å². The number of methoxy groups -OCH3 is 1. The van der Waals surface area contributed by atoms with E-state index in [4.69, 9.17) is 21.4 Å². The minimum Gasteiger partial charge on any atom is -0.480 e. The summed E-state index contributed by atoms with van der Waals surface area (Å²) in [6, 6.07) is 6.43. The Labute approximate surface area is 104 Å². The third-order valence-electron chi connectivity index (χ3n) is 1.98. The number of rotatable bonds is 5. The van der Waals surface area contributed by atoms with Gasteiger partial charge in [-0.25, -0.2) is 0 Å². The number of halogens is 1. The smallest absolute Gasteiger partial charge is 0.323 e. The lowest BCUT2D eigenvalue weighted by Crippen LogP contribution is -2.37. The zero-order valence-electron chi connectivity index (χ0n) is 9.22. The fourth-order valence-electron chi connectivity index (χ4n) is 1.30. The van der Waals surface area contributed by atoms with Gasteiger partial charge in [-0.2, -0.15) is 0 Å². The molecule has 1 aromatic carbocycles. The second kappa shape index (κ2) is 6.22. The van der Waals surface area contributed by atoms with Gasteiger partial charge >= 0.3 is 5.97 Å². The highest BCUT2D eigenvalue weighted by Crippen LogP contribution is 2.19. The number of carboxylic acids is 1. The van der Waals surface area contributed by atoms with Gasteiger partial charge in [-0.05, 0) is 18.2 Å². The lowest BCUT2D eigenvalue weighted by atomic mass is 10.3. The molecular formula is C11H12ClNO4. The Kier molecular flexibility index (Phi) is 4.93. The second-order valence-electron chi connectivity index (χ2n) is 3.29. The second-order valence-corrected chi connectivity index (χ2v) is 3.72. The quantitative estimate of drug-likeness (QED) is 0.866. The monoisotopic (exact) mass is 257 g/mol. The minimum atomic E-state index is -1.10. The van der Waals surface area contributed by atoms with Crippen molar-refractivity contribution in [2.45, 2.75) is 0 Å². The van der Waals surface area contributed by atoms with Crippen molar-refractivity contribution in [2.24, 2.45) is 0 Å². The summed E-state index contributed by atoms with van der Waals surface area (Å²) < 4.78 is 4.70. The number of ether oxygens (including phenoxy) is 1. The first-order valence-electron chi connectivity index (χ1n) is 4.81. The first kappa shape index (κ1) is 13.5. The number of anilines is 1. The molecule has 0 aliphatic carbocycles. The summed E-state index contributed by atoms with van der Waals surface area (Å²) in [6.45, 7) is -0.609. The molecule has 92 valence electrons. The minimum absolute atomic E-state index is 0.181. The molecule has 0 aliphatic rings. The molecule has 0 aromatic heterocycles. The molecule has 1 rings (SSSR count). The summed E-state index contributed by atoms with van der Waals surface area (Å²) in [7, 11) is 1.37. The van der Waals surface area contributed by atoms with Crippen LogP contribution in [0.2, 0.25) is 5.02 Å². The summed E-state index contributed by atoms with van der Waals surface area (Å²) in [4.78, 5) is 23.5. The third-order valence-corrected chi connectivity index (χ3v) is 2.22. The highest BCUT2D eigenvalue weighted by Gasteiger charge is 2.18. The zero-order valence-corrected chi connectivity index (χ0v) is 9.98. The van der Waals surface area contributed by atoms with Crippen LogP contribution in [0.3, 0.4) is 0 Å². The van der Waals surface area contributed by atoms with Gasteiger partial charge in [-0.3, -0.25) is 14.5 Å². The van der Waals surface area contributed by atoms with E-state index in [1.165, 1.54) is 13.2 Å². The van der Waals surface area contributed by atoms with Gasteiger partial charge in [-0.15, -0.1) is 0 Å². The molecule has 1 aromatic rings. The normalized spacial score (nSPS) is 10.0. The van der Waals surface area contributed by atoms with Crippen molar-refractivity contribution in [1.29, 1.82) is 0 Å². The number of carbonyl (C=O) groups is 2. The number of benzene rings is 1. The summed E-state index contributed by atoms with van der Waals surface area (Å²) in [5.74, 6) is -1.54. The van der Waals surface area contributed by atoms with E-state index in [9.17, 15) is 9.59 Å². The van der Waals surface area contributed by atoms with Crippen molar-refractivity contribution in [1.82, 2.24) is 0 Å². The standard InChI is InChI=1S/C11H12ClNO4/c1-17-7-10(14)13(6-11(15)16)9-4-2-3-8(12)5-9/h2-5H,6-7H2,1H3,(H,15,16). The van der Waals surface area contributed by atoms with E-state index < -0.39 is 18.4 Å². The molecule has 1 N–H and O–H groups in total. The molecule has 0 radical (unpaired) electrons. The van der Waals surface area contributed by atoms with Crippen molar-refractivity contribution >= 4 is 29.2 Å². The Morgan fingerprint density at radius 2 is 2.18 bits per heavy atom. The van der Waals surface area contributed by atoms with Crippen LogP contribution in [-0.4, -0.2) is 37.2 Å². The number of aliphatic carboxylic acids is 1. The van der Waals surface area contributed by atoms with E-state index in [1.807, 2.05) is 0 Å². The molecule has 0 unspecified atom stereocenters. The molecule has 0 atom stereocenters. The first-order chi connectivity index (χ1) is 8.04. The maximum Gasteiger partial charge on any atom is 0.323 e. The fourth-order valence-corrected chi connectivity index (χ4v) is 1.49. The Hall–Kier alpha value is -1.59. The molecule has 17 heavy (non-hydrogen) atoms. The van der Waals surface area contributed by atoms with E-state index >= 15 is 0 Å². The average Bonchev–Trinajstić information content (AvgIpc) is 2.26. The van der Waals surface area contributed by atoms with Gasteiger partial charge in [0, 0.05) is 17.8 Å². The maximum atomic E-state index is 11.7. The molecule has 0 heterocycles. The topological polar surface area (TPSA) is 66.8 Å². The van der Waals surface area contributed by atoms with Crippen molar-refractivity contribution in [2.75, 3.05) is 25.2 Å². The van der Waals surface area contributed by atoms with Crippen molar-refractivity contribution in [3.63, 3.8) is 0 Å². The first-order valence-corrected chi connectivity index (χ1v) is 5.19. The molecule has 0 spiro atoms. The van der Waals surface area contributed by atoms with E-state index in [0.717, 1.165) is 4.90 Å². The van der Waals surface area contributed by atoms with Crippen LogP contribution >= 0.6 is 11.6 Å². The lowest BCUT2D eigenvalue weighted by molar-refractivity contribution is -0.137. The van der Waals surface area contributed by atoms with Crippen LogP contribution in [0.15, 0.2) is 24.3 Å². The van der Waals surface area contributed by atoms with E-state index in [-0.39, 0.29) is 6.61 Å². The fraction of sp³-hybridized carbons (Fsp3) is 0.273. The largest absolute Gasteiger partial charge is 0.480 e. The highest BCUT2D eigenvalue weighted by molar-refractivity contribution is 6.30. The molecule has 0 saturated heterocycles. The van der Waals surface area contributed by atoms with E-state index in [0.29, 0.717) is 10.7 Å². The van der Waals surface area contributed by atoms with Gasteiger partial charge in [0.25, 0.3) is 5.91 Å². The zero-order chi connectivity index (χ0) is 12.8. The Balaban J connectivity index is 2.97. The highest BCUT2D eigenvalue weighted by atomic mass is 35.5. The number of amides is 1. The SMILES string of the molecule is COCC(=O)N(CC(=O)O)c1cccc(Cl)c1. The van der Waals surface area contributed by atoms with Gasteiger partial charge in [0.2, 0.25) is 0 Å². The summed E-state index contributed by atoms with van der Waals surface area (Å²) in [5, 5.41) is 9.20. The van der Waals surface area contributed by atoms with Crippen molar-refractivity contribution in [3.8, 4) is 0 Å². The Morgan fingerprint density at radius 3 is 2.71 bits per heavy atom. The van der Waals surface area contributed by atoms with Gasteiger partial charge in [0.15, 0.2) is 0 Å².